The summed E-state index contributed by atoms with van der Waals surface area (Å²) in [5, 5.41) is 0. The third-order valence-electron chi connectivity index (χ3n) is 2.06. The maximum Gasteiger partial charge on any atom is 0.0575 e. The molecule has 0 bridgehead atoms. The van der Waals surface area contributed by atoms with Crippen molar-refractivity contribution >= 4 is 6.08 Å². The molecule has 1 aliphatic rings. The molecule has 0 atom stereocenters. The van der Waals surface area contributed by atoms with Gasteiger partial charge in [0.15, 0.2) is 0 Å². The highest BCUT2D eigenvalue weighted by Gasteiger charge is 2.21. The lowest BCUT2D eigenvalue weighted by Gasteiger charge is -2.19. The van der Waals surface area contributed by atoms with E-state index < -0.39 is 0 Å². The second-order valence-electron chi connectivity index (χ2n) is 3.29. The molecule has 1 heteroatoms. The lowest BCUT2D eigenvalue weighted by atomic mass is 10.1. The van der Waals surface area contributed by atoms with E-state index in [4.69, 9.17) is 0 Å². The van der Waals surface area contributed by atoms with Gasteiger partial charge in [0.2, 0.25) is 0 Å². The summed E-state index contributed by atoms with van der Waals surface area (Å²) in [5.41, 5.74) is 1.50. The molecule has 0 spiro atoms. The van der Waals surface area contributed by atoms with Gasteiger partial charge in [0, 0.05) is 11.9 Å². The fourth-order valence-corrected chi connectivity index (χ4v) is 1.42. The molecule has 0 radical (unpaired) electrons. The molecule has 0 aromatic carbocycles. The molecule has 0 fully saturated rings. The maximum atomic E-state index is 2.27. The van der Waals surface area contributed by atoms with Crippen LogP contribution in [-0.2, 0) is 5.54 Å². The van der Waals surface area contributed by atoms with E-state index in [9.17, 15) is 0 Å². The quantitative estimate of drug-likeness (QED) is 0.543. The molecule has 0 N–H and O–H groups in total. The molecule has 0 unspecified atom stereocenters. The maximum absolute atomic E-state index is 2.27. The number of aromatic nitrogens is 1. The molecular weight excluding hydrogens is 194 g/mol. The number of hydrogen-bond donors (Lipinski definition) is 0. The van der Waals surface area contributed by atoms with Crippen molar-refractivity contribution in [1.82, 2.24) is 4.57 Å². The molecule has 2 heterocycles. The number of hydrogen-bond acceptors (Lipinski definition) is 0. The SMILES string of the molecule is C.C.CC.CC.CC1(C)C=Cc2cccn21. The Kier molecular flexibility index (Phi) is 11.8. The zero-order valence-electron chi connectivity index (χ0n) is 10.3. The smallest absolute Gasteiger partial charge is 0.0575 e. The average Bonchev–Trinajstić information content (AvgIpc) is 2.78. The summed E-state index contributed by atoms with van der Waals surface area (Å²) in [7, 11) is 0. The number of rotatable bonds is 0. The molecule has 96 valence electrons. The van der Waals surface area contributed by atoms with Crippen molar-refractivity contribution in [1.29, 1.82) is 0 Å². The highest BCUT2D eigenvalue weighted by atomic mass is 15.1. The Hall–Kier alpha value is -0.980. The van der Waals surface area contributed by atoms with Crippen LogP contribution in [0.15, 0.2) is 24.4 Å². The van der Waals surface area contributed by atoms with Crippen LogP contribution in [-0.4, -0.2) is 4.57 Å². The summed E-state index contributed by atoms with van der Waals surface area (Å²) in [6, 6.07) is 4.21. The molecule has 2 rings (SSSR count). The highest BCUT2D eigenvalue weighted by molar-refractivity contribution is 5.52. The van der Waals surface area contributed by atoms with Crippen molar-refractivity contribution in [2.45, 2.75) is 61.9 Å². The fraction of sp³-hybridized carbons (Fsp3) is 0.600. The summed E-state index contributed by atoms with van der Waals surface area (Å²) in [6.07, 6.45) is 6.51. The van der Waals surface area contributed by atoms with Crippen LogP contribution in [0.25, 0.3) is 6.08 Å². The summed E-state index contributed by atoms with van der Waals surface area (Å²) in [5.74, 6) is 0. The Balaban J connectivity index is -0.000000257. The van der Waals surface area contributed by atoms with Gasteiger partial charge in [0.05, 0.1) is 5.54 Å². The monoisotopic (exact) mass is 225 g/mol. The lowest BCUT2D eigenvalue weighted by Crippen LogP contribution is -2.19. The van der Waals surface area contributed by atoms with Crippen molar-refractivity contribution in [2.24, 2.45) is 0 Å². The Bertz CT molecular complexity index is 279. The average molecular weight is 225 g/mol. The first-order valence-corrected chi connectivity index (χ1v) is 5.57. The largest absolute Gasteiger partial charge is 0.339 e. The predicted octanol–water partition coefficient (Wildman–Crippen LogP) is 5.57. The molecule has 0 saturated carbocycles. The molecule has 1 nitrogen and oxygen atoms in total. The van der Waals surface area contributed by atoms with Crippen molar-refractivity contribution in [3.63, 3.8) is 0 Å². The van der Waals surface area contributed by atoms with Crippen LogP contribution in [0, 0.1) is 0 Å². The van der Waals surface area contributed by atoms with Gasteiger partial charge in [0.1, 0.15) is 0 Å². The van der Waals surface area contributed by atoms with Crippen molar-refractivity contribution in [3.8, 4) is 0 Å². The van der Waals surface area contributed by atoms with Crippen LogP contribution in [0.1, 0.15) is 62.1 Å². The van der Waals surface area contributed by atoms with Gasteiger partial charge in [-0.3, -0.25) is 0 Å². The molecule has 0 aliphatic carbocycles. The lowest BCUT2D eigenvalue weighted by molar-refractivity contribution is 0.469. The van der Waals surface area contributed by atoms with Crippen molar-refractivity contribution in [2.75, 3.05) is 0 Å². The molecule has 0 amide bonds. The summed E-state index contributed by atoms with van der Waals surface area (Å²) >= 11 is 0. The van der Waals surface area contributed by atoms with Gasteiger partial charge in [-0.05, 0) is 32.1 Å². The third kappa shape index (κ3) is 4.26. The van der Waals surface area contributed by atoms with Crippen LogP contribution in [0.2, 0.25) is 0 Å². The summed E-state index contributed by atoms with van der Waals surface area (Å²) in [4.78, 5) is 0. The van der Waals surface area contributed by atoms with E-state index in [0.717, 1.165) is 0 Å². The topological polar surface area (TPSA) is 4.93 Å². The number of allylic oxidation sites excluding steroid dienone is 1. The zero-order valence-corrected chi connectivity index (χ0v) is 10.3. The van der Waals surface area contributed by atoms with Crippen molar-refractivity contribution < 1.29 is 0 Å². The fourth-order valence-electron chi connectivity index (χ4n) is 1.42. The van der Waals surface area contributed by atoms with Gasteiger partial charge in [-0.15, -0.1) is 0 Å². The first-order valence-electron chi connectivity index (χ1n) is 5.57. The van der Waals surface area contributed by atoms with Crippen LogP contribution >= 0.6 is 0 Å². The summed E-state index contributed by atoms with van der Waals surface area (Å²) < 4.78 is 2.27. The van der Waals surface area contributed by atoms with Gasteiger partial charge in [-0.1, -0.05) is 48.6 Å². The Morgan fingerprint density at radius 3 is 1.94 bits per heavy atom. The molecule has 1 aromatic rings. The Labute approximate surface area is 103 Å². The minimum atomic E-state index is 0. The molecule has 0 saturated heterocycles. The van der Waals surface area contributed by atoms with Crippen LogP contribution in [0.5, 0.6) is 0 Å². The van der Waals surface area contributed by atoms with Crippen molar-refractivity contribution in [3.05, 3.63) is 30.1 Å². The Morgan fingerprint density at radius 2 is 1.50 bits per heavy atom. The molecule has 16 heavy (non-hydrogen) atoms. The third-order valence-corrected chi connectivity index (χ3v) is 2.06. The van der Waals surface area contributed by atoms with E-state index in [1.54, 1.807) is 0 Å². The van der Waals surface area contributed by atoms with E-state index in [0.29, 0.717) is 0 Å². The minimum absolute atomic E-state index is 0. The van der Waals surface area contributed by atoms with Crippen LogP contribution in [0.4, 0.5) is 0 Å². The van der Waals surface area contributed by atoms with E-state index in [1.807, 2.05) is 27.7 Å². The normalized spacial score (nSPS) is 12.9. The molecular formula is C15H31N. The predicted molar refractivity (Wildman–Crippen MR) is 78.9 cm³/mol. The second kappa shape index (κ2) is 9.26. The van der Waals surface area contributed by atoms with Crippen LogP contribution in [0.3, 0.4) is 0 Å². The standard InChI is InChI=1S/C9H11N.2C2H6.2CH4/c1-9(2)6-5-8-4-3-7-10(8)9;2*1-2;;/h3-7H,1-2H3;2*1-2H3;2*1H4. The van der Waals surface area contributed by atoms with Crippen LogP contribution < -0.4 is 0 Å². The van der Waals surface area contributed by atoms with Gasteiger partial charge < -0.3 is 4.57 Å². The molecule has 1 aliphatic heterocycles. The van der Waals surface area contributed by atoms with E-state index >= 15 is 0 Å². The van der Waals surface area contributed by atoms with E-state index in [1.165, 1.54) is 5.69 Å². The first kappa shape index (κ1) is 20.4. The molecule has 1 aromatic heterocycles. The zero-order chi connectivity index (χ0) is 11.2. The Morgan fingerprint density at radius 1 is 1.00 bits per heavy atom. The highest BCUT2D eigenvalue weighted by Crippen LogP contribution is 2.27. The first-order chi connectivity index (χ1) is 6.70. The van der Waals surface area contributed by atoms with Gasteiger partial charge in [0.25, 0.3) is 0 Å². The van der Waals surface area contributed by atoms with Gasteiger partial charge in [-0.25, -0.2) is 0 Å². The minimum Gasteiger partial charge on any atom is -0.339 e. The van der Waals surface area contributed by atoms with E-state index in [-0.39, 0.29) is 20.4 Å². The van der Waals surface area contributed by atoms with E-state index in [2.05, 4.69) is 48.9 Å². The number of fused-ring (bicyclic) bond motifs is 1. The van der Waals surface area contributed by atoms with Gasteiger partial charge in [-0.2, -0.15) is 0 Å². The second-order valence-corrected chi connectivity index (χ2v) is 3.29. The van der Waals surface area contributed by atoms with Gasteiger partial charge >= 0.3 is 0 Å². The summed E-state index contributed by atoms with van der Waals surface area (Å²) in [6.45, 7) is 12.4. The number of nitrogens with zero attached hydrogens (tertiary/aromatic N) is 1.